The molecule has 0 spiro atoms. The van der Waals surface area contributed by atoms with E-state index in [2.05, 4.69) is 5.43 Å². The number of imide groups is 1. The molecule has 1 aromatic rings. The number of carbonyl (C=O) groups is 2. The molecule has 0 saturated carbocycles. The summed E-state index contributed by atoms with van der Waals surface area (Å²) in [5.41, 5.74) is 2.89. The van der Waals surface area contributed by atoms with E-state index in [-0.39, 0.29) is 0 Å². The number of cyclic esters (lactones) is 1. The molecule has 1 aromatic carbocycles. The van der Waals surface area contributed by atoms with Gasteiger partial charge in [-0.05, 0) is 25.0 Å². The highest BCUT2D eigenvalue weighted by molar-refractivity contribution is 6.19. The third-order valence-electron chi connectivity index (χ3n) is 3.92. The van der Waals surface area contributed by atoms with Crippen molar-refractivity contribution in [3.8, 4) is 0 Å². The summed E-state index contributed by atoms with van der Waals surface area (Å²) in [4.78, 5) is 27.7. The van der Waals surface area contributed by atoms with Gasteiger partial charge in [0.2, 0.25) is 0 Å². The van der Waals surface area contributed by atoms with E-state index in [0.717, 1.165) is 24.2 Å². The molecular formula is C14H18N4O3. The Morgan fingerprint density at radius 1 is 1.10 bits per heavy atom. The van der Waals surface area contributed by atoms with Gasteiger partial charge in [-0.2, -0.15) is 5.43 Å². The van der Waals surface area contributed by atoms with Crippen molar-refractivity contribution in [3.63, 3.8) is 0 Å². The van der Waals surface area contributed by atoms with Crippen LogP contribution in [0.3, 0.4) is 0 Å². The first-order valence-corrected chi connectivity index (χ1v) is 7.04. The van der Waals surface area contributed by atoms with Crippen molar-refractivity contribution in [2.75, 3.05) is 18.0 Å². The molecule has 2 aliphatic rings. The largest absolute Gasteiger partial charge is 0.424 e. The summed E-state index contributed by atoms with van der Waals surface area (Å²) in [6, 6.07) is 8.69. The van der Waals surface area contributed by atoms with Crippen LogP contribution in [0.1, 0.15) is 19.3 Å². The number of hydrazine groups is 1. The molecule has 21 heavy (non-hydrogen) atoms. The Morgan fingerprint density at radius 2 is 1.76 bits per heavy atom. The van der Waals surface area contributed by atoms with Crippen molar-refractivity contribution in [2.45, 2.75) is 25.1 Å². The van der Waals surface area contributed by atoms with Gasteiger partial charge in [-0.25, -0.2) is 14.6 Å². The number of nitrogens with one attached hydrogen (secondary N) is 1. The number of anilines is 1. The van der Waals surface area contributed by atoms with Gasteiger partial charge in [0, 0.05) is 13.1 Å². The van der Waals surface area contributed by atoms with Crippen LogP contribution >= 0.6 is 0 Å². The minimum atomic E-state index is -1.59. The van der Waals surface area contributed by atoms with Crippen LogP contribution in [0, 0.1) is 0 Å². The Kier molecular flexibility index (Phi) is 3.62. The zero-order valence-corrected chi connectivity index (χ0v) is 11.6. The lowest BCUT2D eigenvalue weighted by Gasteiger charge is -2.38. The molecule has 2 heterocycles. The Hall–Kier alpha value is -1.96. The molecule has 7 nitrogen and oxygen atoms in total. The van der Waals surface area contributed by atoms with Crippen LogP contribution in [0.15, 0.2) is 30.3 Å². The first-order chi connectivity index (χ1) is 10.2. The molecule has 2 saturated heterocycles. The number of likely N-dealkylation sites (tertiary alicyclic amines) is 1. The smallest absolute Gasteiger partial charge is 0.402 e. The summed E-state index contributed by atoms with van der Waals surface area (Å²) in [5.74, 6) is 3.49. The maximum absolute atomic E-state index is 12.8. The molecule has 0 radical (unpaired) electrons. The van der Waals surface area contributed by atoms with Crippen LogP contribution in [-0.2, 0) is 9.53 Å². The molecule has 2 aliphatic heterocycles. The number of carbonyl (C=O) groups excluding carboxylic acids is 2. The third-order valence-corrected chi connectivity index (χ3v) is 3.92. The second-order valence-corrected chi connectivity index (χ2v) is 5.18. The average molecular weight is 290 g/mol. The van der Waals surface area contributed by atoms with Gasteiger partial charge in [-0.3, -0.25) is 10.6 Å². The van der Waals surface area contributed by atoms with Gasteiger partial charge in [-0.1, -0.05) is 24.6 Å². The zero-order valence-electron chi connectivity index (χ0n) is 11.6. The van der Waals surface area contributed by atoms with E-state index in [1.807, 2.05) is 6.07 Å². The maximum atomic E-state index is 12.8. The molecule has 0 bridgehead atoms. The van der Waals surface area contributed by atoms with Crippen LogP contribution < -0.4 is 16.2 Å². The Labute approximate surface area is 122 Å². The van der Waals surface area contributed by atoms with Gasteiger partial charge in [-0.15, -0.1) is 0 Å². The number of amides is 2. The summed E-state index contributed by atoms with van der Waals surface area (Å²) >= 11 is 0. The van der Waals surface area contributed by atoms with Gasteiger partial charge >= 0.3 is 17.8 Å². The van der Waals surface area contributed by atoms with Crippen LogP contribution in [0.25, 0.3) is 0 Å². The number of hydrogen-bond donors (Lipinski definition) is 2. The van der Waals surface area contributed by atoms with Crippen LogP contribution in [-0.4, -0.2) is 35.8 Å². The number of rotatable bonds is 3. The number of piperidine rings is 1. The Bertz CT molecular complexity index is 544. The molecule has 2 fully saturated rings. The highest BCUT2D eigenvalue weighted by Gasteiger charge is 2.58. The van der Waals surface area contributed by atoms with E-state index in [9.17, 15) is 9.59 Å². The summed E-state index contributed by atoms with van der Waals surface area (Å²) in [6.07, 6.45) is 2.27. The van der Waals surface area contributed by atoms with Crippen molar-refractivity contribution in [1.29, 1.82) is 0 Å². The molecule has 2 amide bonds. The van der Waals surface area contributed by atoms with Gasteiger partial charge in [0.15, 0.2) is 0 Å². The van der Waals surface area contributed by atoms with Gasteiger partial charge in [0.1, 0.15) is 0 Å². The van der Waals surface area contributed by atoms with E-state index in [4.69, 9.17) is 10.6 Å². The second kappa shape index (κ2) is 5.44. The molecule has 1 atom stereocenters. The standard InChI is InChI=1S/C14H18N4O3/c15-16-14(17-9-5-2-6-10-17)12(19)18(13(20)21-14)11-7-3-1-4-8-11/h1,3-4,7-8,16H,2,5-6,9-10,15H2. The van der Waals surface area contributed by atoms with E-state index >= 15 is 0 Å². The molecule has 3 N–H and O–H groups in total. The molecular weight excluding hydrogens is 272 g/mol. The third kappa shape index (κ3) is 2.19. The lowest BCUT2D eigenvalue weighted by Crippen LogP contribution is -2.67. The highest BCUT2D eigenvalue weighted by atomic mass is 16.6. The van der Waals surface area contributed by atoms with Gasteiger partial charge < -0.3 is 4.74 Å². The normalized spacial score (nSPS) is 27.0. The predicted octanol–water partition coefficient (Wildman–Crippen LogP) is 0.773. The summed E-state index contributed by atoms with van der Waals surface area (Å²) in [5, 5.41) is 0. The summed E-state index contributed by atoms with van der Waals surface area (Å²) < 4.78 is 5.34. The number of nitrogens with two attached hydrogens (primary N) is 1. The monoisotopic (exact) mass is 290 g/mol. The van der Waals surface area contributed by atoms with Gasteiger partial charge in [0.25, 0.3) is 0 Å². The molecule has 0 aliphatic carbocycles. The first kappa shape index (κ1) is 14.0. The topological polar surface area (TPSA) is 87.9 Å². The number of ether oxygens (including phenoxy) is 1. The minimum Gasteiger partial charge on any atom is -0.402 e. The van der Waals surface area contributed by atoms with E-state index in [0.29, 0.717) is 18.8 Å². The van der Waals surface area contributed by atoms with E-state index in [1.54, 1.807) is 29.2 Å². The quantitative estimate of drug-likeness (QED) is 0.631. The number of hydrogen-bond acceptors (Lipinski definition) is 6. The second-order valence-electron chi connectivity index (χ2n) is 5.18. The fraction of sp³-hybridized carbons (Fsp3) is 0.429. The first-order valence-electron chi connectivity index (χ1n) is 7.04. The number of para-hydroxylation sites is 1. The van der Waals surface area contributed by atoms with E-state index in [1.165, 1.54) is 0 Å². The van der Waals surface area contributed by atoms with Crippen LogP contribution in [0.2, 0.25) is 0 Å². The molecule has 1 unspecified atom stereocenters. The van der Waals surface area contributed by atoms with Gasteiger partial charge in [0.05, 0.1) is 5.69 Å². The molecule has 7 heteroatoms. The van der Waals surface area contributed by atoms with Crippen molar-refractivity contribution in [3.05, 3.63) is 30.3 Å². The molecule has 3 rings (SSSR count). The van der Waals surface area contributed by atoms with Crippen LogP contribution in [0.5, 0.6) is 0 Å². The molecule has 0 aromatic heterocycles. The zero-order chi connectivity index (χ0) is 14.9. The van der Waals surface area contributed by atoms with Crippen LogP contribution in [0.4, 0.5) is 10.5 Å². The SMILES string of the molecule is NNC1(N2CCCCC2)OC(=O)N(c2ccccc2)C1=O. The number of benzene rings is 1. The summed E-state index contributed by atoms with van der Waals surface area (Å²) in [7, 11) is 0. The lowest BCUT2D eigenvalue weighted by molar-refractivity contribution is -0.160. The Morgan fingerprint density at radius 3 is 2.38 bits per heavy atom. The minimum absolute atomic E-state index is 0.474. The van der Waals surface area contributed by atoms with Crippen molar-refractivity contribution < 1.29 is 14.3 Å². The number of nitrogens with zero attached hydrogens (tertiary/aromatic N) is 2. The summed E-state index contributed by atoms with van der Waals surface area (Å²) in [6.45, 7) is 1.32. The van der Waals surface area contributed by atoms with Crippen molar-refractivity contribution in [2.24, 2.45) is 5.84 Å². The maximum Gasteiger partial charge on any atom is 0.424 e. The lowest BCUT2D eigenvalue weighted by atomic mass is 10.1. The average Bonchev–Trinajstić information content (AvgIpc) is 2.80. The highest BCUT2D eigenvalue weighted by Crippen LogP contribution is 2.31. The fourth-order valence-electron chi connectivity index (χ4n) is 2.84. The Balaban J connectivity index is 1.94. The molecule has 112 valence electrons. The van der Waals surface area contributed by atoms with E-state index < -0.39 is 17.8 Å². The van der Waals surface area contributed by atoms with Crippen molar-refractivity contribution >= 4 is 17.7 Å². The fourth-order valence-corrected chi connectivity index (χ4v) is 2.84. The predicted molar refractivity (Wildman–Crippen MR) is 75.9 cm³/mol. The van der Waals surface area contributed by atoms with Crippen molar-refractivity contribution in [1.82, 2.24) is 10.3 Å².